The Labute approximate surface area is 108 Å². The minimum atomic E-state index is -0.361. The molecule has 0 unspecified atom stereocenters. The van der Waals surface area contributed by atoms with Gasteiger partial charge in [0.15, 0.2) is 0 Å². The van der Waals surface area contributed by atoms with Crippen LogP contribution in [0.4, 0.5) is 4.39 Å². The first-order valence-corrected chi connectivity index (χ1v) is 6.17. The molecule has 0 saturated heterocycles. The molecular weight excluding hydrogens is 322 g/mol. The molecule has 0 fully saturated rings. The number of carbonyl (C=O) groups is 1. The molecule has 0 bridgehead atoms. The highest BCUT2D eigenvalue weighted by Crippen LogP contribution is 2.12. The summed E-state index contributed by atoms with van der Waals surface area (Å²) in [5.41, 5.74) is 0.356. The number of hydrogen-bond acceptors (Lipinski definition) is 2. The molecule has 0 saturated carbocycles. The Morgan fingerprint density at radius 1 is 1.44 bits per heavy atom. The second kappa shape index (κ2) is 6.80. The normalized spacial score (nSPS) is 10.2. The van der Waals surface area contributed by atoms with Crippen molar-refractivity contribution in [1.29, 1.82) is 0 Å². The zero-order valence-electron chi connectivity index (χ0n) is 9.02. The van der Waals surface area contributed by atoms with E-state index in [4.69, 9.17) is 0 Å². The van der Waals surface area contributed by atoms with Crippen LogP contribution in [0, 0.1) is 9.39 Å². The predicted molar refractivity (Wildman–Crippen MR) is 70.0 cm³/mol. The number of carbonyl (C=O) groups excluding carboxylic acids is 1. The molecule has 1 aromatic carbocycles. The summed E-state index contributed by atoms with van der Waals surface area (Å²) in [7, 11) is 0. The molecule has 0 aliphatic heterocycles. The second-order valence-electron chi connectivity index (χ2n) is 3.24. The lowest BCUT2D eigenvalue weighted by molar-refractivity contribution is 0.0953. The van der Waals surface area contributed by atoms with E-state index in [1.54, 1.807) is 12.1 Å². The van der Waals surface area contributed by atoms with Crippen molar-refractivity contribution < 1.29 is 9.18 Å². The lowest BCUT2D eigenvalue weighted by atomic mass is 10.2. The van der Waals surface area contributed by atoms with Gasteiger partial charge in [0, 0.05) is 22.2 Å². The fraction of sp³-hybridized carbons (Fsp3) is 0.364. The number of amides is 1. The van der Waals surface area contributed by atoms with Crippen LogP contribution in [0.1, 0.15) is 17.3 Å². The van der Waals surface area contributed by atoms with Gasteiger partial charge in [-0.15, -0.1) is 0 Å². The van der Waals surface area contributed by atoms with E-state index in [2.05, 4.69) is 10.6 Å². The summed E-state index contributed by atoms with van der Waals surface area (Å²) < 4.78 is 13.7. The van der Waals surface area contributed by atoms with Gasteiger partial charge in [0.2, 0.25) is 0 Å². The Balaban J connectivity index is 2.50. The van der Waals surface area contributed by atoms with Gasteiger partial charge in [0.1, 0.15) is 5.82 Å². The fourth-order valence-corrected chi connectivity index (χ4v) is 1.52. The van der Waals surface area contributed by atoms with Crippen molar-refractivity contribution in [2.45, 2.75) is 6.92 Å². The molecule has 3 nitrogen and oxygen atoms in total. The van der Waals surface area contributed by atoms with Crippen molar-refractivity contribution in [2.24, 2.45) is 0 Å². The van der Waals surface area contributed by atoms with Crippen LogP contribution in [0.25, 0.3) is 0 Å². The highest BCUT2D eigenvalue weighted by atomic mass is 127. The van der Waals surface area contributed by atoms with Crippen molar-refractivity contribution in [2.75, 3.05) is 19.6 Å². The maximum Gasteiger partial charge on any atom is 0.251 e. The first-order chi connectivity index (χ1) is 7.65. The molecule has 0 heterocycles. The van der Waals surface area contributed by atoms with Crippen molar-refractivity contribution in [3.63, 3.8) is 0 Å². The summed E-state index contributed by atoms with van der Waals surface area (Å²) in [6.07, 6.45) is 0. The molecule has 88 valence electrons. The molecule has 0 aromatic heterocycles. The van der Waals surface area contributed by atoms with Gasteiger partial charge >= 0.3 is 0 Å². The van der Waals surface area contributed by atoms with Crippen molar-refractivity contribution in [1.82, 2.24) is 10.6 Å². The van der Waals surface area contributed by atoms with Crippen LogP contribution in [-0.4, -0.2) is 25.5 Å². The average molecular weight is 336 g/mol. The molecule has 2 N–H and O–H groups in total. The van der Waals surface area contributed by atoms with E-state index in [9.17, 15) is 9.18 Å². The molecule has 0 atom stereocenters. The number of halogens is 2. The van der Waals surface area contributed by atoms with Crippen LogP contribution < -0.4 is 10.6 Å². The van der Waals surface area contributed by atoms with Gasteiger partial charge in [0.05, 0.1) is 0 Å². The van der Waals surface area contributed by atoms with E-state index < -0.39 is 0 Å². The topological polar surface area (TPSA) is 41.1 Å². The van der Waals surface area contributed by atoms with Crippen molar-refractivity contribution >= 4 is 28.5 Å². The van der Waals surface area contributed by atoms with E-state index in [0.717, 1.165) is 13.1 Å². The third-order valence-corrected chi connectivity index (χ3v) is 2.89. The van der Waals surface area contributed by atoms with Gasteiger partial charge < -0.3 is 10.6 Å². The summed E-state index contributed by atoms with van der Waals surface area (Å²) >= 11 is 1.89. The SMILES string of the molecule is CCNCCNC(=O)c1ccc(I)c(F)c1. The molecule has 1 aromatic rings. The lowest BCUT2D eigenvalue weighted by Crippen LogP contribution is -2.31. The summed E-state index contributed by atoms with van der Waals surface area (Å²) in [5, 5.41) is 5.80. The molecule has 0 aliphatic carbocycles. The van der Waals surface area contributed by atoms with Crippen LogP contribution in [0.2, 0.25) is 0 Å². The summed E-state index contributed by atoms with van der Waals surface area (Å²) in [5.74, 6) is -0.604. The first-order valence-electron chi connectivity index (χ1n) is 5.09. The van der Waals surface area contributed by atoms with Crippen LogP contribution in [0.5, 0.6) is 0 Å². The first kappa shape index (κ1) is 13.4. The van der Waals surface area contributed by atoms with Crippen LogP contribution in [0.15, 0.2) is 18.2 Å². The molecule has 5 heteroatoms. The fourth-order valence-electron chi connectivity index (χ4n) is 1.18. The van der Waals surface area contributed by atoms with Gasteiger partial charge in [-0.1, -0.05) is 6.92 Å². The molecule has 0 spiro atoms. The quantitative estimate of drug-likeness (QED) is 0.636. The van der Waals surface area contributed by atoms with Crippen LogP contribution >= 0.6 is 22.6 Å². The Bertz CT molecular complexity index is 371. The van der Waals surface area contributed by atoms with Crippen LogP contribution in [-0.2, 0) is 0 Å². The Morgan fingerprint density at radius 3 is 2.81 bits per heavy atom. The zero-order chi connectivity index (χ0) is 12.0. The number of likely N-dealkylation sites (N-methyl/N-ethyl adjacent to an activating group) is 1. The van der Waals surface area contributed by atoms with Gasteiger partial charge in [-0.25, -0.2) is 4.39 Å². The largest absolute Gasteiger partial charge is 0.351 e. The summed E-state index contributed by atoms with van der Waals surface area (Å²) in [6, 6.07) is 4.47. The van der Waals surface area contributed by atoms with Gasteiger partial charge in [-0.05, 0) is 47.3 Å². The Kier molecular flexibility index (Phi) is 5.68. The minimum absolute atomic E-state index is 0.242. The maximum atomic E-state index is 13.2. The number of nitrogens with one attached hydrogen (secondary N) is 2. The molecular formula is C11H14FIN2O. The van der Waals surface area contributed by atoms with E-state index >= 15 is 0 Å². The van der Waals surface area contributed by atoms with Gasteiger partial charge in [0.25, 0.3) is 5.91 Å². The van der Waals surface area contributed by atoms with Crippen molar-refractivity contribution in [3.05, 3.63) is 33.1 Å². The Hall–Kier alpha value is -0.690. The monoisotopic (exact) mass is 336 g/mol. The number of rotatable bonds is 5. The van der Waals surface area contributed by atoms with E-state index in [1.807, 2.05) is 29.5 Å². The minimum Gasteiger partial charge on any atom is -0.351 e. The van der Waals surface area contributed by atoms with Crippen molar-refractivity contribution in [3.8, 4) is 0 Å². The van der Waals surface area contributed by atoms with E-state index in [1.165, 1.54) is 6.07 Å². The predicted octanol–water partition coefficient (Wildman–Crippen LogP) is 1.77. The molecule has 1 rings (SSSR count). The maximum absolute atomic E-state index is 13.2. The summed E-state index contributed by atoms with van der Waals surface area (Å²) in [4.78, 5) is 11.6. The highest BCUT2D eigenvalue weighted by Gasteiger charge is 2.07. The second-order valence-corrected chi connectivity index (χ2v) is 4.40. The van der Waals surface area contributed by atoms with E-state index in [-0.39, 0.29) is 11.7 Å². The third-order valence-electron chi connectivity index (χ3n) is 2.02. The van der Waals surface area contributed by atoms with Gasteiger partial charge in [-0.2, -0.15) is 0 Å². The summed E-state index contributed by atoms with van der Waals surface area (Å²) in [6.45, 7) is 4.12. The Morgan fingerprint density at radius 2 is 2.19 bits per heavy atom. The number of hydrogen-bond donors (Lipinski definition) is 2. The van der Waals surface area contributed by atoms with Gasteiger partial charge in [-0.3, -0.25) is 4.79 Å². The third kappa shape index (κ3) is 4.05. The molecule has 16 heavy (non-hydrogen) atoms. The highest BCUT2D eigenvalue weighted by molar-refractivity contribution is 14.1. The van der Waals surface area contributed by atoms with Crippen LogP contribution in [0.3, 0.4) is 0 Å². The standard InChI is InChI=1S/C11H14FIN2O/c1-2-14-5-6-15-11(16)8-3-4-10(13)9(12)7-8/h3-4,7,14H,2,5-6H2,1H3,(H,15,16). The molecule has 1 amide bonds. The van der Waals surface area contributed by atoms with E-state index in [0.29, 0.717) is 15.7 Å². The number of benzene rings is 1. The lowest BCUT2D eigenvalue weighted by Gasteiger charge is -2.06. The smallest absolute Gasteiger partial charge is 0.251 e. The zero-order valence-corrected chi connectivity index (χ0v) is 11.2. The average Bonchev–Trinajstić information content (AvgIpc) is 2.28. The molecule has 0 radical (unpaired) electrons. The molecule has 0 aliphatic rings.